The summed E-state index contributed by atoms with van der Waals surface area (Å²) in [5, 5.41) is 6.32. The number of anilines is 2. The van der Waals surface area contributed by atoms with E-state index in [0.717, 1.165) is 16.9 Å². The van der Waals surface area contributed by atoms with E-state index in [1.807, 2.05) is 11.3 Å². The van der Waals surface area contributed by atoms with E-state index in [0.29, 0.717) is 6.54 Å². The summed E-state index contributed by atoms with van der Waals surface area (Å²) in [6, 6.07) is 40.9. The predicted molar refractivity (Wildman–Crippen MR) is 148 cm³/mol. The maximum Gasteiger partial charge on any atom is 0.0470 e. The molecule has 0 spiro atoms. The first-order chi connectivity index (χ1) is 16.8. The van der Waals surface area contributed by atoms with E-state index < -0.39 is 0 Å². The predicted octanol–water partition coefficient (Wildman–Crippen LogP) is 8.59. The Balaban J connectivity index is 1.52. The summed E-state index contributed by atoms with van der Waals surface area (Å²) in [5.74, 6) is 0. The topological polar surface area (TPSA) is 38.0 Å². The Morgan fingerprint density at radius 1 is 0.618 bits per heavy atom. The molecule has 0 bridgehead atoms. The van der Waals surface area contributed by atoms with Crippen LogP contribution < -0.4 is 11.1 Å². The molecule has 0 saturated heterocycles. The van der Waals surface area contributed by atoms with Crippen LogP contribution in [0.25, 0.3) is 42.4 Å². The first-order valence-corrected chi connectivity index (χ1v) is 12.3. The third kappa shape index (κ3) is 3.75. The largest absolute Gasteiger partial charge is 0.355 e. The molecule has 6 aromatic rings. The number of benzene rings is 5. The van der Waals surface area contributed by atoms with Gasteiger partial charge >= 0.3 is 0 Å². The lowest BCUT2D eigenvalue weighted by molar-refractivity contribution is 1.07. The number of nitrogens with one attached hydrogen (secondary N) is 1. The minimum Gasteiger partial charge on any atom is -0.355 e. The van der Waals surface area contributed by atoms with E-state index >= 15 is 0 Å². The molecule has 1 aromatic heterocycles. The number of thiophene rings is 1. The van der Waals surface area contributed by atoms with Crippen molar-refractivity contribution in [2.24, 2.45) is 5.73 Å². The average Bonchev–Trinajstić information content (AvgIpc) is 3.28. The minimum absolute atomic E-state index is 0.523. The van der Waals surface area contributed by atoms with Gasteiger partial charge in [0.15, 0.2) is 0 Å². The zero-order valence-electron chi connectivity index (χ0n) is 18.7. The van der Waals surface area contributed by atoms with Crippen LogP contribution in [-0.2, 0) is 6.54 Å². The summed E-state index contributed by atoms with van der Waals surface area (Å²) < 4.78 is 2.65. The van der Waals surface area contributed by atoms with Gasteiger partial charge in [0.05, 0.1) is 0 Å². The zero-order valence-corrected chi connectivity index (χ0v) is 19.5. The molecule has 0 aliphatic rings. The van der Waals surface area contributed by atoms with E-state index in [2.05, 4.69) is 121 Å². The van der Waals surface area contributed by atoms with Crippen LogP contribution in [0.4, 0.5) is 11.4 Å². The molecular formula is C31H24N2S. The smallest absolute Gasteiger partial charge is 0.0470 e. The Kier molecular flexibility index (Phi) is 5.34. The standard InChI is InChI=1S/C31H24N2S/c32-20-21-8-6-11-24(18-21)33-29-19-23(16-17-25(29)22-9-2-1-3-10-22)26-13-7-14-28-27-12-4-5-15-30(27)34-31(26)28/h1-19,33H,20,32H2. The van der Waals surface area contributed by atoms with Crippen LogP contribution >= 0.6 is 11.3 Å². The van der Waals surface area contributed by atoms with Gasteiger partial charge in [-0.05, 0) is 46.5 Å². The highest BCUT2D eigenvalue weighted by molar-refractivity contribution is 7.26. The van der Waals surface area contributed by atoms with Crippen LogP contribution in [0, 0.1) is 0 Å². The second-order valence-corrected chi connectivity index (χ2v) is 9.49. The van der Waals surface area contributed by atoms with E-state index in [4.69, 9.17) is 5.73 Å². The lowest BCUT2D eigenvalue weighted by Crippen LogP contribution is -1.98. The van der Waals surface area contributed by atoms with E-state index in [9.17, 15) is 0 Å². The van der Waals surface area contributed by atoms with E-state index in [1.165, 1.54) is 42.4 Å². The van der Waals surface area contributed by atoms with E-state index in [1.54, 1.807) is 0 Å². The van der Waals surface area contributed by atoms with Crippen LogP contribution in [-0.4, -0.2) is 0 Å². The summed E-state index contributed by atoms with van der Waals surface area (Å²) in [4.78, 5) is 0. The monoisotopic (exact) mass is 456 g/mol. The van der Waals surface area contributed by atoms with Gasteiger partial charge < -0.3 is 11.1 Å². The fraction of sp³-hybridized carbons (Fsp3) is 0.0323. The molecule has 2 nitrogen and oxygen atoms in total. The van der Waals surface area contributed by atoms with Crippen molar-refractivity contribution in [1.82, 2.24) is 0 Å². The molecule has 3 N–H and O–H groups in total. The quantitative estimate of drug-likeness (QED) is 0.272. The number of rotatable bonds is 5. The van der Waals surface area contributed by atoms with Gasteiger partial charge in [-0.3, -0.25) is 0 Å². The normalized spacial score (nSPS) is 11.2. The Labute approximate surface area is 203 Å². The highest BCUT2D eigenvalue weighted by atomic mass is 32.1. The van der Waals surface area contributed by atoms with Crippen molar-refractivity contribution in [3.05, 3.63) is 121 Å². The highest BCUT2D eigenvalue weighted by Crippen LogP contribution is 2.42. The Morgan fingerprint density at radius 3 is 2.29 bits per heavy atom. The molecule has 1 heterocycles. The maximum atomic E-state index is 5.89. The molecule has 0 fully saturated rings. The maximum absolute atomic E-state index is 5.89. The van der Waals surface area contributed by atoms with Crippen LogP contribution in [0.1, 0.15) is 5.56 Å². The number of hydrogen-bond donors (Lipinski definition) is 2. The Hall–Kier alpha value is -3.92. The van der Waals surface area contributed by atoms with Crippen LogP contribution in [0.15, 0.2) is 115 Å². The Bertz CT molecular complexity index is 1620. The van der Waals surface area contributed by atoms with Gasteiger partial charge in [0, 0.05) is 43.7 Å². The number of hydrogen-bond acceptors (Lipinski definition) is 3. The summed E-state index contributed by atoms with van der Waals surface area (Å²) in [7, 11) is 0. The lowest BCUT2D eigenvalue weighted by atomic mass is 9.97. The third-order valence-corrected chi connectivity index (χ3v) is 7.48. The SMILES string of the molecule is NCc1cccc(Nc2cc(-c3cccc4c3sc3ccccc34)ccc2-c2ccccc2)c1. The second-order valence-electron chi connectivity index (χ2n) is 8.44. The van der Waals surface area contributed by atoms with Gasteiger partial charge in [0.1, 0.15) is 0 Å². The molecule has 0 atom stereocenters. The highest BCUT2D eigenvalue weighted by Gasteiger charge is 2.13. The molecule has 34 heavy (non-hydrogen) atoms. The minimum atomic E-state index is 0.523. The molecular weight excluding hydrogens is 432 g/mol. The molecule has 5 aromatic carbocycles. The lowest BCUT2D eigenvalue weighted by Gasteiger charge is -2.16. The van der Waals surface area contributed by atoms with Gasteiger partial charge in [-0.25, -0.2) is 0 Å². The van der Waals surface area contributed by atoms with Crippen molar-refractivity contribution in [3.63, 3.8) is 0 Å². The fourth-order valence-electron chi connectivity index (χ4n) is 4.59. The van der Waals surface area contributed by atoms with Crippen molar-refractivity contribution in [1.29, 1.82) is 0 Å². The van der Waals surface area contributed by atoms with Gasteiger partial charge in [-0.15, -0.1) is 11.3 Å². The summed E-state index contributed by atoms with van der Waals surface area (Å²) in [6.45, 7) is 0.523. The van der Waals surface area contributed by atoms with E-state index in [-0.39, 0.29) is 0 Å². The molecule has 0 aliphatic carbocycles. The number of fused-ring (bicyclic) bond motifs is 3. The van der Waals surface area contributed by atoms with Crippen molar-refractivity contribution in [2.75, 3.05) is 5.32 Å². The molecule has 0 unspecified atom stereocenters. The van der Waals surface area contributed by atoms with Gasteiger partial charge in [0.2, 0.25) is 0 Å². The van der Waals surface area contributed by atoms with Crippen molar-refractivity contribution >= 4 is 42.9 Å². The van der Waals surface area contributed by atoms with Gasteiger partial charge in [0.25, 0.3) is 0 Å². The molecule has 6 rings (SSSR count). The van der Waals surface area contributed by atoms with Crippen molar-refractivity contribution in [3.8, 4) is 22.3 Å². The fourth-order valence-corrected chi connectivity index (χ4v) is 5.83. The van der Waals surface area contributed by atoms with Gasteiger partial charge in [-0.2, -0.15) is 0 Å². The van der Waals surface area contributed by atoms with Crippen LogP contribution in [0.5, 0.6) is 0 Å². The van der Waals surface area contributed by atoms with Crippen molar-refractivity contribution < 1.29 is 0 Å². The van der Waals surface area contributed by atoms with Crippen LogP contribution in [0.3, 0.4) is 0 Å². The van der Waals surface area contributed by atoms with Crippen LogP contribution in [0.2, 0.25) is 0 Å². The molecule has 0 radical (unpaired) electrons. The number of nitrogens with two attached hydrogens (primary N) is 1. The van der Waals surface area contributed by atoms with Crippen molar-refractivity contribution in [2.45, 2.75) is 6.54 Å². The average molecular weight is 457 g/mol. The molecule has 0 saturated carbocycles. The zero-order chi connectivity index (χ0) is 22.9. The second kappa shape index (κ2) is 8.79. The third-order valence-electron chi connectivity index (χ3n) is 6.26. The molecule has 3 heteroatoms. The Morgan fingerprint density at radius 2 is 1.41 bits per heavy atom. The summed E-state index contributed by atoms with van der Waals surface area (Å²) in [6.07, 6.45) is 0. The molecule has 0 aliphatic heterocycles. The summed E-state index contributed by atoms with van der Waals surface area (Å²) >= 11 is 1.86. The van der Waals surface area contributed by atoms with Gasteiger partial charge in [-0.1, -0.05) is 91.0 Å². The first kappa shape index (κ1) is 20.7. The summed E-state index contributed by atoms with van der Waals surface area (Å²) in [5.41, 5.74) is 13.9. The molecule has 0 amide bonds. The first-order valence-electron chi connectivity index (χ1n) is 11.5. The molecule has 164 valence electrons.